The summed E-state index contributed by atoms with van der Waals surface area (Å²) in [6.45, 7) is 2.48. The highest BCUT2D eigenvalue weighted by Crippen LogP contribution is 2.27. The first-order chi connectivity index (χ1) is 15.5. The van der Waals surface area contributed by atoms with Gasteiger partial charge in [-0.1, -0.05) is 43.3 Å². The van der Waals surface area contributed by atoms with Crippen molar-refractivity contribution in [3.63, 3.8) is 0 Å². The van der Waals surface area contributed by atoms with Gasteiger partial charge in [-0.3, -0.25) is 9.59 Å². The second-order valence-electron chi connectivity index (χ2n) is 7.12. The summed E-state index contributed by atoms with van der Waals surface area (Å²) in [5.74, 6) is 0.316. The van der Waals surface area contributed by atoms with Gasteiger partial charge < -0.3 is 20.1 Å². The number of methoxy groups -OCH3 is 2. The van der Waals surface area contributed by atoms with E-state index >= 15 is 0 Å². The number of amides is 2. The highest BCUT2D eigenvalue weighted by Gasteiger charge is 2.17. The molecule has 0 aliphatic carbocycles. The first-order valence-electron chi connectivity index (χ1n) is 10.1. The van der Waals surface area contributed by atoms with Crippen molar-refractivity contribution in [1.82, 2.24) is 10.6 Å². The lowest BCUT2D eigenvalue weighted by Crippen LogP contribution is -2.36. The molecule has 2 N–H and O–H groups in total. The van der Waals surface area contributed by atoms with E-state index in [2.05, 4.69) is 10.6 Å². The molecule has 2 aromatic carbocycles. The highest BCUT2D eigenvalue weighted by molar-refractivity contribution is 7.10. The molecular formula is C25H26N2O4S. The maximum Gasteiger partial charge on any atom is 0.267 e. The minimum absolute atomic E-state index is 0.129. The molecule has 0 bridgehead atoms. The van der Waals surface area contributed by atoms with Crippen LogP contribution in [0.5, 0.6) is 11.5 Å². The van der Waals surface area contributed by atoms with E-state index in [-0.39, 0.29) is 17.5 Å². The van der Waals surface area contributed by atoms with Gasteiger partial charge in [0.15, 0.2) is 11.5 Å². The predicted molar refractivity (Wildman–Crippen MR) is 127 cm³/mol. The molecule has 0 spiro atoms. The maximum absolute atomic E-state index is 13.0. The lowest BCUT2D eigenvalue weighted by molar-refractivity contribution is -0.117. The van der Waals surface area contributed by atoms with E-state index in [4.69, 9.17) is 9.47 Å². The summed E-state index contributed by atoms with van der Waals surface area (Å²) in [6, 6.07) is 18.6. The van der Waals surface area contributed by atoms with E-state index in [1.165, 1.54) is 25.6 Å². The van der Waals surface area contributed by atoms with Crippen LogP contribution in [0.25, 0.3) is 6.08 Å². The third-order valence-electron chi connectivity index (χ3n) is 4.91. The molecule has 0 radical (unpaired) electrons. The Bertz CT molecular complexity index is 1080. The Balaban J connectivity index is 1.76. The van der Waals surface area contributed by atoms with Crippen molar-refractivity contribution < 1.29 is 19.1 Å². The van der Waals surface area contributed by atoms with Gasteiger partial charge in [0.25, 0.3) is 11.8 Å². The summed E-state index contributed by atoms with van der Waals surface area (Å²) in [6.07, 6.45) is 1.67. The Kier molecular flexibility index (Phi) is 8.05. The fraction of sp³-hybridized carbons (Fsp3) is 0.200. The molecule has 0 fully saturated rings. The molecule has 1 aromatic heterocycles. The number of hydrogen-bond donors (Lipinski definition) is 2. The third-order valence-corrected chi connectivity index (χ3v) is 5.73. The van der Waals surface area contributed by atoms with Crippen molar-refractivity contribution in [2.45, 2.75) is 12.8 Å². The molecule has 0 saturated carbocycles. The average molecular weight is 451 g/mol. The smallest absolute Gasteiger partial charge is 0.267 e. The summed E-state index contributed by atoms with van der Waals surface area (Å²) < 4.78 is 10.5. The third kappa shape index (κ3) is 5.98. The molecule has 166 valence electrons. The van der Waals surface area contributed by atoms with Gasteiger partial charge in [-0.15, -0.1) is 11.3 Å². The molecule has 0 saturated heterocycles. The number of carbonyl (C=O) groups excluding carboxylic acids is 2. The van der Waals surface area contributed by atoms with Gasteiger partial charge >= 0.3 is 0 Å². The second-order valence-corrected chi connectivity index (χ2v) is 8.10. The zero-order chi connectivity index (χ0) is 22.9. The quantitative estimate of drug-likeness (QED) is 0.472. The van der Waals surface area contributed by atoms with Crippen molar-refractivity contribution in [1.29, 1.82) is 0 Å². The molecule has 32 heavy (non-hydrogen) atoms. The fourth-order valence-corrected chi connectivity index (χ4v) is 3.74. The Morgan fingerprint density at radius 2 is 1.75 bits per heavy atom. The summed E-state index contributed by atoms with van der Waals surface area (Å²) in [5, 5.41) is 7.58. The zero-order valence-electron chi connectivity index (χ0n) is 18.3. The predicted octanol–water partition coefficient (Wildman–Crippen LogP) is 4.46. The second kappa shape index (κ2) is 11.2. The first-order valence-corrected chi connectivity index (χ1v) is 11.0. The number of nitrogens with one attached hydrogen (secondary N) is 2. The van der Waals surface area contributed by atoms with Crippen LogP contribution < -0.4 is 20.1 Å². The number of rotatable bonds is 9. The van der Waals surface area contributed by atoms with E-state index in [0.29, 0.717) is 23.6 Å². The van der Waals surface area contributed by atoms with E-state index in [1.54, 1.807) is 24.3 Å². The van der Waals surface area contributed by atoms with Crippen molar-refractivity contribution in [2.24, 2.45) is 0 Å². The van der Waals surface area contributed by atoms with E-state index in [0.717, 1.165) is 10.4 Å². The molecule has 2 amide bonds. The maximum atomic E-state index is 13.0. The lowest BCUT2D eigenvalue weighted by Gasteiger charge is -2.15. The Hall–Kier alpha value is -3.58. The molecule has 3 rings (SSSR count). The van der Waals surface area contributed by atoms with Gasteiger partial charge in [0, 0.05) is 17.0 Å². The van der Waals surface area contributed by atoms with Crippen LogP contribution in [0, 0.1) is 0 Å². The standard InChI is InChI=1S/C25H26N2O4S/c1-17(18-8-5-4-6-9-18)16-26-25(29)21(15-20-10-7-13-32-20)27-24(28)19-11-12-22(30-2)23(14-19)31-3/h4-15,17H,16H2,1-3H3,(H,26,29)(H,27,28)/b21-15-. The lowest BCUT2D eigenvalue weighted by atomic mass is 10.0. The Labute approximate surface area is 191 Å². The van der Waals surface area contributed by atoms with Gasteiger partial charge in [-0.2, -0.15) is 0 Å². The molecule has 3 aromatic rings. The van der Waals surface area contributed by atoms with E-state index in [1.807, 2.05) is 54.8 Å². The summed E-state index contributed by atoms with van der Waals surface area (Å²) in [7, 11) is 3.03. The van der Waals surface area contributed by atoms with Crippen LogP contribution in [0.1, 0.15) is 33.6 Å². The van der Waals surface area contributed by atoms with Crippen molar-refractivity contribution >= 4 is 29.2 Å². The SMILES string of the molecule is COc1ccc(C(=O)N/C(=C\c2cccs2)C(=O)NCC(C)c2ccccc2)cc1OC. The largest absolute Gasteiger partial charge is 0.493 e. The fourth-order valence-electron chi connectivity index (χ4n) is 3.09. The van der Waals surface area contributed by atoms with Crippen LogP contribution in [0.3, 0.4) is 0 Å². The summed E-state index contributed by atoms with van der Waals surface area (Å²) >= 11 is 1.48. The first kappa shape index (κ1) is 23.1. The minimum atomic E-state index is -0.417. The van der Waals surface area contributed by atoms with Crippen LogP contribution in [0.4, 0.5) is 0 Å². The van der Waals surface area contributed by atoms with Gasteiger partial charge in [0.1, 0.15) is 5.70 Å². The summed E-state index contributed by atoms with van der Waals surface area (Å²) in [4.78, 5) is 26.7. The van der Waals surface area contributed by atoms with Crippen LogP contribution in [0.15, 0.2) is 71.7 Å². The van der Waals surface area contributed by atoms with Gasteiger partial charge in [0.05, 0.1) is 14.2 Å². The molecule has 1 unspecified atom stereocenters. The number of ether oxygens (including phenoxy) is 2. The van der Waals surface area contributed by atoms with Crippen molar-refractivity contribution in [3.05, 3.63) is 87.7 Å². The van der Waals surface area contributed by atoms with Gasteiger partial charge in [-0.25, -0.2) is 0 Å². The summed E-state index contributed by atoms with van der Waals surface area (Å²) in [5.41, 5.74) is 1.66. The molecule has 1 atom stereocenters. The average Bonchev–Trinajstić information content (AvgIpc) is 3.35. The Morgan fingerprint density at radius 1 is 1.00 bits per heavy atom. The number of benzene rings is 2. The molecular weight excluding hydrogens is 424 g/mol. The van der Waals surface area contributed by atoms with Gasteiger partial charge in [0.2, 0.25) is 0 Å². The molecule has 1 heterocycles. The number of hydrogen-bond acceptors (Lipinski definition) is 5. The minimum Gasteiger partial charge on any atom is -0.493 e. The van der Waals surface area contributed by atoms with Gasteiger partial charge in [-0.05, 0) is 47.2 Å². The topological polar surface area (TPSA) is 76.7 Å². The highest BCUT2D eigenvalue weighted by atomic mass is 32.1. The molecule has 7 heteroatoms. The van der Waals surface area contributed by atoms with Crippen LogP contribution in [-0.2, 0) is 4.79 Å². The molecule has 0 aliphatic heterocycles. The van der Waals surface area contributed by atoms with Crippen LogP contribution in [0.2, 0.25) is 0 Å². The Morgan fingerprint density at radius 3 is 2.41 bits per heavy atom. The number of carbonyl (C=O) groups is 2. The van der Waals surface area contributed by atoms with Crippen molar-refractivity contribution in [2.75, 3.05) is 20.8 Å². The zero-order valence-corrected chi connectivity index (χ0v) is 19.1. The monoisotopic (exact) mass is 450 g/mol. The van der Waals surface area contributed by atoms with E-state index < -0.39 is 5.91 Å². The van der Waals surface area contributed by atoms with Crippen LogP contribution in [-0.4, -0.2) is 32.6 Å². The molecule has 0 aliphatic rings. The molecule has 6 nitrogen and oxygen atoms in total. The normalized spacial score (nSPS) is 12.0. The van der Waals surface area contributed by atoms with Crippen LogP contribution >= 0.6 is 11.3 Å². The van der Waals surface area contributed by atoms with Crippen molar-refractivity contribution in [3.8, 4) is 11.5 Å². The number of thiophene rings is 1. The van der Waals surface area contributed by atoms with E-state index in [9.17, 15) is 9.59 Å².